The molecule has 0 aromatic heterocycles. The summed E-state index contributed by atoms with van der Waals surface area (Å²) in [5, 5.41) is 2.49. The summed E-state index contributed by atoms with van der Waals surface area (Å²) in [4.78, 5) is 4.14. The minimum Gasteiger partial charge on any atom is -0.229 e. The van der Waals surface area contributed by atoms with E-state index in [1.165, 1.54) is 32.1 Å². The molecule has 2 saturated carbocycles. The van der Waals surface area contributed by atoms with Gasteiger partial charge < -0.3 is 0 Å². The van der Waals surface area contributed by atoms with E-state index >= 15 is 0 Å². The largest absolute Gasteiger partial charge is 0.229 e. The average Bonchev–Trinajstić information content (AvgIpc) is 2.43. The molecular weight excluding hydrogens is 142 g/mol. The van der Waals surface area contributed by atoms with Crippen LogP contribution in [0.2, 0.25) is 0 Å². The Hall–Kier alpha value is -0.200. The van der Waals surface area contributed by atoms with Crippen LogP contribution in [0.4, 0.5) is 0 Å². The van der Waals surface area contributed by atoms with Crippen molar-refractivity contribution in [3.8, 4) is 0 Å². The lowest BCUT2D eigenvalue weighted by atomic mass is 10.1. The first-order valence-corrected chi connectivity index (χ1v) is 4.35. The highest BCUT2D eigenvalue weighted by Gasteiger charge is 2.55. The molecule has 2 fully saturated rings. The van der Waals surface area contributed by atoms with Crippen LogP contribution in [0.25, 0.3) is 0 Å². The lowest BCUT2D eigenvalue weighted by Crippen LogP contribution is -1.97. The van der Waals surface area contributed by atoms with E-state index in [1.807, 2.05) is 0 Å². The van der Waals surface area contributed by atoms with Crippen LogP contribution in [0, 0.1) is 5.41 Å². The molecule has 0 aliphatic heterocycles. The van der Waals surface area contributed by atoms with Gasteiger partial charge in [0.1, 0.15) is 0 Å². The SMILES string of the molecule is S=C=NC1CC12CCCC2. The molecule has 1 atom stereocenters. The van der Waals surface area contributed by atoms with E-state index in [2.05, 4.69) is 22.4 Å². The zero-order valence-electron chi connectivity index (χ0n) is 5.97. The minimum atomic E-state index is 0.562. The highest BCUT2D eigenvalue weighted by Crippen LogP contribution is 2.59. The number of hydrogen-bond acceptors (Lipinski definition) is 2. The summed E-state index contributed by atoms with van der Waals surface area (Å²) in [5.74, 6) is 0. The summed E-state index contributed by atoms with van der Waals surface area (Å²) in [7, 11) is 0. The number of aliphatic imine (C=N–C) groups is 1. The van der Waals surface area contributed by atoms with E-state index in [-0.39, 0.29) is 0 Å². The fraction of sp³-hybridized carbons (Fsp3) is 0.875. The Kier molecular flexibility index (Phi) is 1.40. The molecule has 54 valence electrons. The maximum absolute atomic E-state index is 4.57. The van der Waals surface area contributed by atoms with Gasteiger partial charge in [0.15, 0.2) is 0 Å². The lowest BCUT2D eigenvalue weighted by molar-refractivity contribution is 0.512. The summed E-state index contributed by atoms with van der Waals surface area (Å²) in [6.45, 7) is 0. The molecule has 0 saturated heterocycles. The first kappa shape index (κ1) is 6.51. The highest BCUT2D eigenvalue weighted by atomic mass is 32.1. The van der Waals surface area contributed by atoms with Crippen LogP contribution in [-0.2, 0) is 0 Å². The van der Waals surface area contributed by atoms with Crippen LogP contribution in [0.5, 0.6) is 0 Å². The van der Waals surface area contributed by atoms with Crippen molar-refractivity contribution >= 4 is 17.4 Å². The Balaban J connectivity index is 2.03. The van der Waals surface area contributed by atoms with Gasteiger partial charge in [-0.15, -0.1) is 0 Å². The Labute approximate surface area is 66.5 Å². The first-order chi connectivity index (χ1) is 4.87. The number of hydrogen-bond donors (Lipinski definition) is 0. The monoisotopic (exact) mass is 153 g/mol. The first-order valence-electron chi connectivity index (χ1n) is 3.94. The molecule has 1 spiro atoms. The van der Waals surface area contributed by atoms with E-state index < -0.39 is 0 Å². The predicted molar refractivity (Wildman–Crippen MR) is 44.3 cm³/mol. The summed E-state index contributed by atoms with van der Waals surface area (Å²) in [5.41, 5.74) is 0.617. The Morgan fingerprint density at radius 1 is 1.40 bits per heavy atom. The summed E-state index contributed by atoms with van der Waals surface area (Å²) in [6.07, 6.45) is 6.87. The van der Waals surface area contributed by atoms with Crippen molar-refractivity contribution in [2.75, 3.05) is 0 Å². The maximum atomic E-state index is 4.57. The molecule has 0 radical (unpaired) electrons. The standard InChI is InChI=1S/C8H11NS/c10-6-9-7-5-8(7)3-1-2-4-8/h7H,1-5H2. The maximum Gasteiger partial charge on any atom is 0.0665 e. The number of rotatable bonds is 1. The number of nitrogens with zero attached hydrogens (tertiary/aromatic N) is 1. The average molecular weight is 153 g/mol. The fourth-order valence-corrected chi connectivity index (χ4v) is 2.32. The van der Waals surface area contributed by atoms with Gasteiger partial charge in [0.05, 0.1) is 11.2 Å². The van der Waals surface area contributed by atoms with Crippen molar-refractivity contribution in [1.82, 2.24) is 0 Å². The van der Waals surface area contributed by atoms with Crippen molar-refractivity contribution in [1.29, 1.82) is 0 Å². The third-order valence-electron chi connectivity index (χ3n) is 2.95. The fourth-order valence-electron chi connectivity index (χ4n) is 2.19. The molecule has 0 N–H and O–H groups in total. The Morgan fingerprint density at radius 2 is 2.10 bits per heavy atom. The molecule has 1 nitrogen and oxygen atoms in total. The topological polar surface area (TPSA) is 12.4 Å². The molecule has 0 aromatic carbocycles. The van der Waals surface area contributed by atoms with Gasteiger partial charge in [0.2, 0.25) is 0 Å². The quantitative estimate of drug-likeness (QED) is 0.416. The van der Waals surface area contributed by atoms with E-state index in [9.17, 15) is 0 Å². The smallest absolute Gasteiger partial charge is 0.0665 e. The molecule has 2 rings (SSSR count). The van der Waals surface area contributed by atoms with Gasteiger partial charge in [0, 0.05) is 0 Å². The second-order valence-corrected chi connectivity index (χ2v) is 3.69. The molecule has 0 amide bonds. The molecule has 2 aliphatic rings. The van der Waals surface area contributed by atoms with Crippen molar-refractivity contribution in [3.63, 3.8) is 0 Å². The molecular formula is C8H11NS. The van der Waals surface area contributed by atoms with Gasteiger partial charge in [-0.05, 0) is 36.9 Å². The molecule has 2 heteroatoms. The highest BCUT2D eigenvalue weighted by molar-refractivity contribution is 7.78. The van der Waals surface area contributed by atoms with Crippen LogP contribution in [0.1, 0.15) is 32.1 Å². The van der Waals surface area contributed by atoms with Gasteiger partial charge in [-0.3, -0.25) is 0 Å². The number of isothiocyanates is 1. The van der Waals surface area contributed by atoms with Gasteiger partial charge in [-0.25, -0.2) is 4.99 Å². The molecule has 2 aliphatic carbocycles. The van der Waals surface area contributed by atoms with Crippen LogP contribution >= 0.6 is 12.2 Å². The zero-order chi connectivity index (χ0) is 7.03. The van der Waals surface area contributed by atoms with E-state index in [0.29, 0.717) is 11.5 Å². The summed E-state index contributed by atoms with van der Waals surface area (Å²) < 4.78 is 0. The molecule has 10 heavy (non-hydrogen) atoms. The number of thiocarbonyl (C=S) groups is 1. The van der Waals surface area contributed by atoms with E-state index in [4.69, 9.17) is 0 Å². The van der Waals surface area contributed by atoms with Gasteiger partial charge in [-0.2, -0.15) is 0 Å². The molecule has 0 heterocycles. The van der Waals surface area contributed by atoms with Gasteiger partial charge in [-0.1, -0.05) is 12.8 Å². The normalized spacial score (nSPS) is 33.8. The van der Waals surface area contributed by atoms with Crippen LogP contribution < -0.4 is 0 Å². The summed E-state index contributed by atoms with van der Waals surface area (Å²) in [6, 6.07) is 0.562. The van der Waals surface area contributed by atoms with Gasteiger partial charge in [0.25, 0.3) is 0 Å². The molecule has 0 bridgehead atoms. The summed E-state index contributed by atoms with van der Waals surface area (Å²) >= 11 is 4.57. The van der Waals surface area contributed by atoms with Crippen molar-refractivity contribution < 1.29 is 0 Å². The van der Waals surface area contributed by atoms with E-state index in [1.54, 1.807) is 0 Å². The van der Waals surface area contributed by atoms with Crippen molar-refractivity contribution in [3.05, 3.63) is 0 Å². The van der Waals surface area contributed by atoms with E-state index in [0.717, 1.165) is 0 Å². The van der Waals surface area contributed by atoms with Crippen LogP contribution in [-0.4, -0.2) is 11.2 Å². The zero-order valence-corrected chi connectivity index (χ0v) is 6.78. The van der Waals surface area contributed by atoms with Crippen molar-refractivity contribution in [2.24, 2.45) is 10.4 Å². The van der Waals surface area contributed by atoms with Crippen LogP contribution in [0.15, 0.2) is 4.99 Å². The predicted octanol–water partition coefficient (Wildman–Crippen LogP) is 2.42. The van der Waals surface area contributed by atoms with Crippen LogP contribution in [0.3, 0.4) is 0 Å². The van der Waals surface area contributed by atoms with Gasteiger partial charge >= 0.3 is 0 Å². The third-order valence-corrected chi connectivity index (χ3v) is 3.06. The second-order valence-electron chi connectivity index (χ2n) is 3.51. The minimum absolute atomic E-state index is 0.562. The molecule has 1 unspecified atom stereocenters. The van der Waals surface area contributed by atoms with Crippen molar-refractivity contribution in [2.45, 2.75) is 38.1 Å². The third kappa shape index (κ3) is 0.834. The molecule has 0 aromatic rings. The Morgan fingerprint density at radius 3 is 2.70 bits per heavy atom. The second kappa shape index (κ2) is 2.14. The Bertz CT molecular complexity index is 187. The lowest BCUT2D eigenvalue weighted by Gasteiger charge is -2.01.